The summed E-state index contributed by atoms with van der Waals surface area (Å²) in [6.45, 7) is 2.06. The number of aryl methyl sites for hydroxylation is 1. The van der Waals surface area contributed by atoms with Gasteiger partial charge in [0.2, 0.25) is 5.91 Å². The van der Waals surface area contributed by atoms with Crippen molar-refractivity contribution in [2.75, 3.05) is 12.4 Å². The third kappa shape index (κ3) is 3.82. The van der Waals surface area contributed by atoms with Gasteiger partial charge in [0.25, 0.3) is 0 Å². The average Bonchev–Trinajstić information content (AvgIpc) is 3.30. The minimum Gasteiger partial charge on any atom is -0.495 e. The van der Waals surface area contributed by atoms with Gasteiger partial charge in [0.05, 0.1) is 18.5 Å². The van der Waals surface area contributed by atoms with E-state index in [1.54, 1.807) is 7.11 Å². The molecular formula is C22H25N3O2. The van der Waals surface area contributed by atoms with E-state index in [1.807, 2.05) is 35.0 Å². The molecule has 3 aromatic rings. The van der Waals surface area contributed by atoms with Crippen molar-refractivity contribution >= 4 is 17.2 Å². The zero-order chi connectivity index (χ0) is 18.8. The number of nitrogens with zero attached hydrogens (tertiary/aromatic N) is 2. The van der Waals surface area contributed by atoms with Gasteiger partial charge in [-0.1, -0.05) is 12.8 Å². The number of anilines is 1. The largest absolute Gasteiger partial charge is 0.495 e. The Morgan fingerprint density at radius 2 is 2.07 bits per heavy atom. The Bertz CT molecular complexity index is 971. The molecule has 0 bridgehead atoms. The van der Waals surface area contributed by atoms with Crippen LogP contribution in [-0.2, 0) is 4.79 Å². The van der Waals surface area contributed by atoms with Crippen LogP contribution in [-0.4, -0.2) is 22.4 Å². The van der Waals surface area contributed by atoms with Crippen LogP contribution in [0.1, 0.15) is 37.7 Å². The molecule has 0 spiro atoms. The maximum atomic E-state index is 12.5. The summed E-state index contributed by atoms with van der Waals surface area (Å²) in [7, 11) is 1.62. The van der Waals surface area contributed by atoms with E-state index in [-0.39, 0.29) is 5.91 Å². The second kappa shape index (κ2) is 7.43. The van der Waals surface area contributed by atoms with E-state index in [9.17, 15) is 4.79 Å². The zero-order valence-electron chi connectivity index (χ0n) is 15.9. The third-order valence-electron chi connectivity index (χ3n) is 5.33. The maximum Gasteiger partial charge on any atom is 0.224 e. The summed E-state index contributed by atoms with van der Waals surface area (Å²) in [6, 6.07) is 9.91. The van der Waals surface area contributed by atoms with Crippen molar-refractivity contribution in [1.82, 2.24) is 9.38 Å². The standard InChI is InChI=1S/C22H25N3O2/c1-15-9-10-25-14-19(23-21(25)11-15)17-7-8-20(27-2)18(13-17)24-22(26)12-16-5-3-4-6-16/h7-11,13-14,16H,3-6,12H2,1-2H3,(H,24,26). The number of carbonyl (C=O) groups is 1. The van der Waals surface area contributed by atoms with Crippen LogP contribution >= 0.6 is 0 Å². The summed E-state index contributed by atoms with van der Waals surface area (Å²) in [4.78, 5) is 17.2. The fourth-order valence-electron chi connectivity index (χ4n) is 3.87. The van der Waals surface area contributed by atoms with Crippen LogP contribution in [0.25, 0.3) is 16.9 Å². The Hall–Kier alpha value is -2.82. The van der Waals surface area contributed by atoms with Crippen molar-refractivity contribution in [3.05, 3.63) is 48.3 Å². The SMILES string of the molecule is COc1ccc(-c2cn3ccc(C)cc3n2)cc1NC(=O)CC1CCCC1. The second-order valence-electron chi connectivity index (χ2n) is 7.41. The van der Waals surface area contributed by atoms with E-state index >= 15 is 0 Å². The van der Waals surface area contributed by atoms with Crippen LogP contribution in [0.3, 0.4) is 0 Å². The van der Waals surface area contributed by atoms with Crippen LogP contribution in [0.15, 0.2) is 42.7 Å². The maximum absolute atomic E-state index is 12.5. The molecule has 1 fully saturated rings. The molecule has 1 N–H and O–H groups in total. The lowest BCUT2D eigenvalue weighted by Crippen LogP contribution is -2.15. The summed E-state index contributed by atoms with van der Waals surface area (Å²) < 4.78 is 7.45. The number of nitrogens with one attached hydrogen (secondary N) is 1. The molecule has 5 heteroatoms. The quantitative estimate of drug-likeness (QED) is 0.706. The van der Waals surface area contributed by atoms with Crippen molar-refractivity contribution in [2.24, 2.45) is 5.92 Å². The number of hydrogen-bond donors (Lipinski definition) is 1. The first-order chi connectivity index (χ1) is 13.1. The van der Waals surface area contributed by atoms with E-state index < -0.39 is 0 Å². The molecular weight excluding hydrogens is 338 g/mol. The minimum absolute atomic E-state index is 0.0583. The smallest absolute Gasteiger partial charge is 0.224 e. The molecule has 0 aliphatic heterocycles. The number of ether oxygens (including phenoxy) is 1. The molecule has 0 unspecified atom stereocenters. The number of methoxy groups -OCH3 is 1. The van der Waals surface area contributed by atoms with Gasteiger partial charge in [0, 0.05) is 24.4 Å². The van der Waals surface area contributed by atoms with E-state index in [0.717, 1.165) is 29.7 Å². The molecule has 0 radical (unpaired) electrons. The number of fused-ring (bicyclic) bond motifs is 1. The van der Waals surface area contributed by atoms with Crippen molar-refractivity contribution in [3.63, 3.8) is 0 Å². The normalized spacial score (nSPS) is 14.6. The highest BCUT2D eigenvalue weighted by molar-refractivity contribution is 5.93. The molecule has 2 heterocycles. The Labute approximate surface area is 159 Å². The van der Waals surface area contributed by atoms with Crippen LogP contribution in [0.4, 0.5) is 5.69 Å². The van der Waals surface area contributed by atoms with Gasteiger partial charge < -0.3 is 14.5 Å². The highest BCUT2D eigenvalue weighted by atomic mass is 16.5. The highest BCUT2D eigenvalue weighted by Crippen LogP contribution is 2.32. The summed E-state index contributed by atoms with van der Waals surface area (Å²) in [6.07, 6.45) is 9.39. The summed E-state index contributed by atoms with van der Waals surface area (Å²) >= 11 is 0. The number of carbonyl (C=O) groups excluding carboxylic acids is 1. The van der Waals surface area contributed by atoms with Crippen molar-refractivity contribution in [3.8, 4) is 17.0 Å². The predicted octanol–water partition coefficient (Wildman–Crippen LogP) is 4.84. The fraction of sp³-hybridized carbons (Fsp3) is 0.364. The van der Waals surface area contributed by atoms with Gasteiger partial charge in [0.15, 0.2) is 0 Å². The molecule has 1 aliphatic rings. The van der Waals surface area contributed by atoms with Gasteiger partial charge in [-0.15, -0.1) is 0 Å². The minimum atomic E-state index is 0.0583. The van der Waals surface area contributed by atoms with Gasteiger partial charge in [-0.2, -0.15) is 0 Å². The van der Waals surface area contributed by atoms with Gasteiger partial charge in [-0.05, 0) is 61.6 Å². The Morgan fingerprint density at radius 3 is 2.85 bits per heavy atom. The molecule has 4 rings (SSSR count). The monoisotopic (exact) mass is 363 g/mol. The number of pyridine rings is 1. The highest BCUT2D eigenvalue weighted by Gasteiger charge is 2.19. The van der Waals surface area contributed by atoms with Crippen molar-refractivity contribution in [1.29, 1.82) is 0 Å². The lowest BCUT2D eigenvalue weighted by atomic mass is 10.0. The van der Waals surface area contributed by atoms with E-state index in [4.69, 9.17) is 9.72 Å². The molecule has 0 saturated heterocycles. The van der Waals surface area contributed by atoms with Gasteiger partial charge in [0.1, 0.15) is 11.4 Å². The molecule has 1 amide bonds. The van der Waals surface area contributed by atoms with E-state index in [1.165, 1.54) is 18.4 Å². The molecule has 1 saturated carbocycles. The lowest BCUT2D eigenvalue weighted by molar-refractivity contribution is -0.117. The topological polar surface area (TPSA) is 55.6 Å². The van der Waals surface area contributed by atoms with Crippen molar-refractivity contribution < 1.29 is 9.53 Å². The first-order valence-electron chi connectivity index (χ1n) is 9.56. The molecule has 27 heavy (non-hydrogen) atoms. The fourth-order valence-corrected chi connectivity index (χ4v) is 3.87. The van der Waals surface area contributed by atoms with Gasteiger partial charge >= 0.3 is 0 Å². The number of aromatic nitrogens is 2. The first kappa shape index (κ1) is 17.6. The van der Waals surface area contributed by atoms with Crippen LogP contribution in [0.2, 0.25) is 0 Å². The molecule has 140 valence electrons. The number of benzene rings is 1. The van der Waals surface area contributed by atoms with E-state index in [0.29, 0.717) is 23.8 Å². The van der Waals surface area contributed by atoms with E-state index in [2.05, 4.69) is 24.4 Å². The second-order valence-corrected chi connectivity index (χ2v) is 7.41. The molecule has 2 aromatic heterocycles. The van der Waals surface area contributed by atoms with Crippen LogP contribution in [0, 0.1) is 12.8 Å². The van der Waals surface area contributed by atoms with Crippen molar-refractivity contribution in [2.45, 2.75) is 39.0 Å². The van der Waals surface area contributed by atoms with Crippen LogP contribution in [0.5, 0.6) is 5.75 Å². The number of rotatable bonds is 5. The predicted molar refractivity (Wildman–Crippen MR) is 107 cm³/mol. The molecule has 1 aliphatic carbocycles. The number of imidazole rings is 1. The summed E-state index contributed by atoms with van der Waals surface area (Å²) in [5.74, 6) is 1.24. The number of amides is 1. The zero-order valence-corrected chi connectivity index (χ0v) is 15.9. The first-order valence-corrected chi connectivity index (χ1v) is 9.56. The lowest BCUT2D eigenvalue weighted by Gasteiger charge is -2.13. The summed E-state index contributed by atoms with van der Waals surface area (Å²) in [5.41, 5.74) is 4.61. The molecule has 0 atom stereocenters. The average molecular weight is 363 g/mol. The Balaban J connectivity index is 1.60. The Kier molecular flexibility index (Phi) is 4.84. The number of hydrogen-bond acceptors (Lipinski definition) is 3. The molecule has 5 nitrogen and oxygen atoms in total. The summed E-state index contributed by atoms with van der Waals surface area (Å²) in [5, 5.41) is 3.04. The molecule has 1 aromatic carbocycles. The Morgan fingerprint density at radius 1 is 1.26 bits per heavy atom. The van der Waals surface area contributed by atoms with Crippen LogP contribution < -0.4 is 10.1 Å². The third-order valence-corrected chi connectivity index (χ3v) is 5.33. The van der Waals surface area contributed by atoms with Gasteiger partial charge in [-0.3, -0.25) is 4.79 Å². The van der Waals surface area contributed by atoms with Gasteiger partial charge in [-0.25, -0.2) is 4.98 Å².